The molecule has 326 valence electrons. The number of imidazole rings is 2. The smallest absolute Gasteiger partial charge is 0.348 e. The van der Waals surface area contributed by atoms with Gasteiger partial charge in [-0.05, 0) is 104 Å². The van der Waals surface area contributed by atoms with Gasteiger partial charge in [0.05, 0.1) is 29.5 Å². The molecule has 9 rings (SSSR count). The van der Waals surface area contributed by atoms with Crippen LogP contribution in [0.1, 0.15) is 102 Å². The zero-order chi connectivity index (χ0) is 43.9. The highest BCUT2D eigenvalue weighted by atomic mass is 32.2. The Morgan fingerprint density at radius 2 is 0.937 bits per heavy atom. The highest BCUT2D eigenvalue weighted by Crippen LogP contribution is 2.45. The van der Waals surface area contributed by atoms with Crippen LogP contribution < -0.4 is 0 Å². The lowest BCUT2D eigenvalue weighted by Gasteiger charge is -2.37. The second-order valence-corrected chi connectivity index (χ2v) is 19.0. The quantitative estimate of drug-likeness (QED) is 0.110. The first kappa shape index (κ1) is 44.4. The minimum absolute atomic E-state index is 0.300. The van der Waals surface area contributed by atoms with E-state index in [1.54, 1.807) is 42.0 Å². The SMILES string of the molecule is FC(F)(F)c1cccc(SC2CCC(c3cn(C(c4ccccc4)(c4ccccc4)c4ccccc4)cn3)CC2)c1.FC(F)(F)c1cccc(SC2CCC(c3cnc[nH]3)CC2)c1. The van der Waals surface area contributed by atoms with Crippen molar-refractivity contribution in [2.75, 3.05) is 0 Å². The van der Waals surface area contributed by atoms with Crippen molar-refractivity contribution in [2.45, 2.75) is 101 Å². The molecule has 0 radical (unpaired) electrons. The second kappa shape index (κ2) is 19.7. The van der Waals surface area contributed by atoms with Crippen LogP contribution in [-0.2, 0) is 17.9 Å². The van der Waals surface area contributed by atoms with Gasteiger partial charge in [-0.15, -0.1) is 23.5 Å². The fourth-order valence-corrected chi connectivity index (χ4v) is 11.5. The van der Waals surface area contributed by atoms with Crippen LogP contribution in [0.15, 0.2) is 174 Å². The predicted octanol–water partition coefficient (Wildman–Crippen LogP) is 14.8. The van der Waals surface area contributed by atoms with Crippen LogP contribution in [0.25, 0.3) is 0 Å². The molecule has 2 fully saturated rings. The molecule has 4 nitrogen and oxygen atoms in total. The molecule has 0 unspecified atom stereocenters. The van der Waals surface area contributed by atoms with Crippen molar-refractivity contribution in [3.05, 3.63) is 204 Å². The average molecular weight is 895 g/mol. The molecule has 0 bridgehead atoms. The summed E-state index contributed by atoms with van der Waals surface area (Å²) in [4.78, 5) is 13.6. The molecule has 63 heavy (non-hydrogen) atoms. The number of nitrogens with one attached hydrogen (secondary N) is 1. The van der Waals surface area contributed by atoms with Gasteiger partial charge in [0.25, 0.3) is 0 Å². The second-order valence-electron chi connectivity index (χ2n) is 16.3. The van der Waals surface area contributed by atoms with Crippen LogP contribution in [0, 0.1) is 0 Å². The first-order valence-electron chi connectivity index (χ1n) is 21.3. The maximum Gasteiger partial charge on any atom is 0.416 e. The molecule has 2 aliphatic rings. The van der Waals surface area contributed by atoms with E-state index in [0.717, 1.165) is 85.9 Å². The van der Waals surface area contributed by atoms with Crippen molar-refractivity contribution in [2.24, 2.45) is 0 Å². The summed E-state index contributed by atoms with van der Waals surface area (Å²) in [5.74, 6) is 0.815. The molecule has 5 aromatic carbocycles. The lowest BCUT2D eigenvalue weighted by molar-refractivity contribution is -0.138. The number of hydrogen-bond donors (Lipinski definition) is 1. The van der Waals surface area contributed by atoms with Crippen molar-refractivity contribution >= 4 is 23.5 Å². The lowest BCUT2D eigenvalue weighted by Crippen LogP contribution is -2.37. The van der Waals surface area contributed by atoms with E-state index in [0.29, 0.717) is 32.1 Å². The Morgan fingerprint density at radius 3 is 1.35 bits per heavy atom. The summed E-state index contributed by atoms with van der Waals surface area (Å²) < 4.78 is 80.0. The third kappa shape index (κ3) is 10.6. The number of H-pyrrole nitrogens is 1. The van der Waals surface area contributed by atoms with E-state index in [1.807, 2.05) is 30.7 Å². The highest BCUT2D eigenvalue weighted by molar-refractivity contribution is 8.00. The lowest BCUT2D eigenvalue weighted by atomic mass is 9.76. The molecule has 7 aromatic rings. The number of aromatic amines is 1. The molecule has 12 heteroatoms. The average Bonchev–Trinajstić information content (AvgIpc) is 4.03. The van der Waals surface area contributed by atoms with E-state index in [9.17, 15) is 26.3 Å². The standard InChI is InChI=1S/C35H31F3N2S.C16H17F3N2S/c36-35(37,38)30-17-10-18-32(23-30)41-31-21-19-26(20-22-31)33-24-40(25-39-33)34(27-11-4-1-5-12-27,28-13-6-2-7-14-28)29-15-8-3-9-16-29;17-16(18,19)12-2-1-3-14(8-12)22-13-6-4-11(5-7-13)15-9-20-10-21-15/h1-18,23-26,31H,19-22H2;1-3,8-11,13H,4-7H2,(H,20,21). The zero-order valence-corrected chi connectivity index (χ0v) is 36.1. The van der Waals surface area contributed by atoms with Crippen molar-refractivity contribution in [3.8, 4) is 0 Å². The fraction of sp³-hybridized carbons (Fsp3) is 0.294. The number of aromatic nitrogens is 4. The molecule has 2 heterocycles. The van der Waals surface area contributed by atoms with Gasteiger partial charge in [-0.3, -0.25) is 0 Å². The van der Waals surface area contributed by atoms with Gasteiger partial charge in [0, 0.05) is 50.2 Å². The molecular formula is C51H48F6N4S2. The van der Waals surface area contributed by atoms with Gasteiger partial charge >= 0.3 is 12.4 Å². The van der Waals surface area contributed by atoms with Crippen molar-refractivity contribution < 1.29 is 26.3 Å². The van der Waals surface area contributed by atoms with Gasteiger partial charge in [0.15, 0.2) is 0 Å². The van der Waals surface area contributed by atoms with Crippen molar-refractivity contribution in [1.29, 1.82) is 0 Å². The maximum absolute atomic E-state index is 13.2. The number of hydrogen-bond acceptors (Lipinski definition) is 4. The van der Waals surface area contributed by atoms with Crippen LogP contribution in [0.2, 0.25) is 0 Å². The molecular weight excluding hydrogens is 847 g/mol. The third-order valence-electron chi connectivity index (χ3n) is 12.2. The summed E-state index contributed by atoms with van der Waals surface area (Å²) in [7, 11) is 0. The van der Waals surface area contributed by atoms with Gasteiger partial charge < -0.3 is 9.55 Å². The molecule has 1 N–H and O–H groups in total. The van der Waals surface area contributed by atoms with E-state index in [1.165, 1.54) is 30.0 Å². The predicted molar refractivity (Wildman–Crippen MR) is 240 cm³/mol. The van der Waals surface area contributed by atoms with E-state index in [-0.39, 0.29) is 0 Å². The van der Waals surface area contributed by atoms with Crippen LogP contribution in [0.4, 0.5) is 26.3 Å². The first-order chi connectivity index (χ1) is 30.5. The van der Waals surface area contributed by atoms with Gasteiger partial charge in [-0.2, -0.15) is 26.3 Å². The van der Waals surface area contributed by atoms with E-state index in [2.05, 4.69) is 93.5 Å². The van der Waals surface area contributed by atoms with Gasteiger partial charge in [0.2, 0.25) is 0 Å². The third-order valence-corrected chi connectivity index (χ3v) is 14.9. The number of benzene rings is 5. The van der Waals surface area contributed by atoms with Crippen LogP contribution in [0.3, 0.4) is 0 Å². The van der Waals surface area contributed by atoms with Gasteiger partial charge in [-0.1, -0.05) is 103 Å². The van der Waals surface area contributed by atoms with Crippen molar-refractivity contribution in [1.82, 2.24) is 19.5 Å². The first-order valence-corrected chi connectivity index (χ1v) is 23.1. The molecule has 0 aliphatic heterocycles. The van der Waals surface area contributed by atoms with E-state index in [4.69, 9.17) is 4.98 Å². The minimum Gasteiger partial charge on any atom is -0.348 e. The number of halogens is 6. The number of nitrogens with zero attached hydrogens (tertiary/aromatic N) is 3. The Balaban J connectivity index is 0.000000208. The molecule has 2 aromatic heterocycles. The molecule has 2 aliphatic carbocycles. The fourth-order valence-electron chi connectivity index (χ4n) is 9.05. The van der Waals surface area contributed by atoms with Gasteiger partial charge in [0.1, 0.15) is 5.54 Å². The Labute approximate surface area is 373 Å². The molecule has 0 saturated heterocycles. The Hall–Kier alpha value is -5.20. The Bertz CT molecular complexity index is 2380. The topological polar surface area (TPSA) is 46.5 Å². The Morgan fingerprint density at radius 1 is 0.508 bits per heavy atom. The Kier molecular flexibility index (Phi) is 13.9. The molecule has 2 saturated carbocycles. The number of thioether (sulfide) groups is 2. The van der Waals surface area contributed by atoms with Crippen LogP contribution in [0.5, 0.6) is 0 Å². The monoisotopic (exact) mass is 894 g/mol. The highest BCUT2D eigenvalue weighted by Gasteiger charge is 2.39. The van der Waals surface area contributed by atoms with Gasteiger partial charge in [-0.25, -0.2) is 9.97 Å². The molecule has 0 amide bonds. The summed E-state index contributed by atoms with van der Waals surface area (Å²) in [6.07, 6.45) is 7.10. The molecule has 0 spiro atoms. The van der Waals surface area contributed by atoms with E-state index < -0.39 is 29.0 Å². The van der Waals surface area contributed by atoms with E-state index >= 15 is 0 Å². The summed E-state index contributed by atoms with van der Waals surface area (Å²) in [6.45, 7) is 0. The zero-order valence-electron chi connectivity index (χ0n) is 34.5. The minimum atomic E-state index is -4.32. The summed E-state index contributed by atoms with van der Waals surface area (Å²) in [5, 5.41) is 0.691. The normalized spacial score (nSPS) is 19.5. The number of alkyl halides is 6. The number of rotatable bonds is 10. The summed E-state index contributed by atoms with van der Waals surface area (Å²) in [6, 6.07) is 43.0. The molecule has 0 atom stereocenters. The largest absolute Gasteiger partial charge is 0.416 e. The summed E-state index contributed by atoms with van der Waals surface area (Å²) >= 11 is 3.14. The van der Waals surface area contributed by atoms with Crippen LogP contribution in [-0.4, -0.2) is 30.0 Å². The van der Waals surface area contributed by atoms with Crippen LogP contribution >= 0.6 is 23.5 Å². The summed E-state index contributed by atoms with van der Waals surface area (Å²) in [5.41, 5.74) is 3.96. The maximum atomic E-state index is 13.2. The van der Waals surface area contributed by atoms with Crippen molar-refractivity contribution in [3.63, 3.8) is 0 Å².